The van der Waals surface area contributed by atoms with Crippen LogP contribution >= 0.6 is 0 Å². The number of hydrogen-bond donors (Lipinski definition) is 2. The fourth-order valence-corrected chi connectivity index (χ4v) is 2.26. The second-order valence-corrected chi connectivity index (χ2v) is 5.18. The molecule has 1 aliphatic carbocycles. The van der Waals surface area contributed by atoms with E-state index in [2.05, 4.69) is 5.32 Å². The van der Waals surface area contributed by atoms with Crippen molar-refractivity contribution in [2.75, 3.05) is 32.9 Å². The van der Waals surface area contributed by atoms with Gasteiger partial charge in [-0.1, -0.05) is 0 Å². The monoisotopic (exact) mass is 213 g/mol. The standard InChI is InChI=1S/C12H23NO2/c14-10-12(4-5-12)9-13-6-1-11-2-7-15-8-3-11/h11,13-14H,1-10H2. The maximum Gasteiger partial charge on any atom is 0.0499 e. The Morgan fingerprint density at radius 3 is 2.60 bits per heavy atom. The van der Waals surface area contributed by atoms with Crippen LogP contribution in [0, 0.1) is 11.3 Å². The minimum absolute atomic E-state index is 0.260. The van der Waals surface area contributed by atoms with Gasteiger partial charge in [0.15, 0.2) is 0 Å². The summed E-state index contributed by atoms with van der Waals surface area (Å²) in [5, 5.41) is 12.6. The zero-order chi connectivity index (χ0) is 10.6. The fourth-order valence-electron chi connectivity index (χ4n) is 2.26. The van der Waals surface area contributed by atoms with Gasteiger partial charge in [-0.25, -0.2) is 0 Å². The molecule has 0 aromatic rings. The van der Waals surface area contributed by atoms with Crippen LogP contribution in [-0.4, -0.2) is 38.0 Å². The summed E-state index contributed by atoms with van der Waals surface area (Å²) in [7, 11) is 0. The number of aliphatic hydroxyl groups excluding tert-OH is 1. The highest BCUT2D eigenvalue weighted by molar-refractivity contribution is 4.94. The molecule has 1 saturated carbocycles. The highest BCUT2D eigenvalue weighted by atomic mass is 16.5. The molecule has 0 unspecified atom stereocenters. The minimum Gasteiger partial charge on any atom is -0.396 e. The van der Waals surface area contributed by atoms with E-state index in [-0.39, 0.29) is 5.41 Å². The molecule has 2 rings (SSSR count). The first kappa shape index (κ1) is 11.4. The first-order valence-corrected chi connectivity index (χ1v) is 6.24. The number of hydrogen-bond acceptors (Lipinski definition) is 3. The second-order valence-electron chi connectivity index (χ2n) is 5.18. The molecule has 1 saturated heterocycles. The Morgan fingerprint density at radius 2 is 2.00 bits per heavy atom. The lowest BCUT2D eigenvalue weighted by molar-refractivity contribution is 0.0638. The third-order valence-electron chi connectivity index (χ3n) is 3.86. The van der Waals surface area contributed by atoms with Crippen LogP contribution in [-0.2, 0) is 4.74 Å². The van der Waals surface area contributed by atoms with Gasteiger partial charge in [0, 0.05) is 31.8 Å². The van der Waals surface area contributed by atoms with Crippen LogP contribution in [0.4, 0.5) is 0 Å². The maximum atomic E-state index is 9.15. The Hall–Kier alpha value is -0.120. The van der Waals surface area contributed by atoms with Crippen molar-refractivity contribution in [3.8, 4) is 0 Å². The van der Waals surface area contributed by atoms with E-state index in [1.165, 1.54) is 32.1 Å². The normalized spacial score (nSPS) is 25.4. The molecule has 0 radical (unpaired) electrons. The summed E-state index contributed by atoms with van der Waals surface area (Å²) in [5.74, 6) is 0.857. The first-order chi connectivity index (χ1) is 7.35. The smallest absolute Gasteiger partial charge is 0.0499 e. The maximum absolute atomic E-state index is 9.15. The van der Waals surface area contributed by atoms with Gasteiger partial charge in [-0.15, -0.1) is 0 Å². The first-order valence-electron chi connectivity index (χ1n) is 6.24. The topological polar surface area (TPSA) is 41.5 Å². The fraction of sp³-hybridized carbons (Fsp3) is 1.00. The molecule has 88 valence electrons. The van der Waals surface area contributed by atoms with Gasteiger partial charge in [-0.2, -0.15) is 0 Å². The van der Waals surface area contributed by atoms with Crippen LogP contribution in [0.5, 0.6) is 0 Å². The minimum atomic E-state index is 0.260. The van der Waals surface area contributed by atoms with Crippen molar-refractivity contribution in [3.05, 3.63) is 0 Å². The molecular formula is C12H23NO2. The quantitative estimate of drug-likeness (QED) is 0.651. The molecule has 0 atom stereocenters. The van der Waals surface area contributed by atoms with Gasteiger partial charge >= 0.3 is 0 Å². The van der Waals surface area contributed by atoms with Gasteiger partial charge in [0.25, 0.3) is 0 Å². The van der Waals surface area contributed by atoms with E-state index in [0.29, 0.717) is 6.61 Å². The molecule has 3 nitrogen and oxygen atoms in total. The van der Waals surface area contributed by atoms with Gasteiger partial charge in [0.1, 0.15) is 0 Å². The van der Waals surface area contributed by atoms with E-state index in [0.717, 1.165) is 32.2 Å². The summed E-state index contributed by atoms with van der Waals surface area (Å²) in [4.78, 5) is 0. The molecule has 3 heteroatoms. The van der Waals surface area contributed by atoms with Crippen LogP contribution in [0.3, 0.4) is 0 Å². The van der Waals surface area contributed by atoms with Crippen molar-refractivity contribution < 1.29 is 9.84 Å². The summed E-state index contributed by atoms with van der Waals surface area (Å²) >= 11 is 0. The van der Waals surface area contributed by atoms with E-state index in [1.54, 1.807) is 0 Å². The predicted octanol–water partition coefficient (Wildman–Crippen LogP) is 1.17. The van der Waals surface area contributed by atoms with Crippen molar-refractivity contribution in [2.45, 2.75) is 32.1 Å². The zero-order valence-corrected chi connectivity index (χ0v) is 9.50. The molecule has 2 N–H and O–H groups in total. The summed E-state index contributed by atoms with van der Waals surface area (Å²) in [6, 6.07) is 0. The van der Waals surface area contributed by atoms with Crippen LogP contribution < -0.4 is 5.32 Å². The molecule has 1 aliphatic heterocycles. The Bertz CT molecular complexity index is 186. The molecule has 0 aromatic heterocycles. The van der Waals surface area contributed by atoms with E-state index in [4.69, 9.17) is 9.84 Å². The van der Waals surface area contributed by atoms with Gasteiger partial charge < -0.3 is 15.2 Å². The van der Waals surface area contributed by atoms with Crippen LogP contribution in [0.25, 0.3) is 0 Å². The highest BCUT2D eigenvalue weighted by Crippen LogP contribution is 2.44. The molecule has 0 aromatic carbocycles. The molecular weight excluding hydrogens is 190 g/mol. The molecule has 2 fully saturated rings. The Balaban J connectivity index is 1.51. The number of rotatable bonds is 6. The molecule has 15 heavy (non-hydrogen) atoms. The van der Waals surface area contributed by atoms with Gasteiger partial charge in [0.2, 0.25) is 0 Å². The van der Waals surface area contributed by atoms with E-state index >= 15 is 0 Å². The third kappa shape index (κ3) is 3.44. The third-order valence-corrected chi connectivity index (χ3v) is 3.86. The van der Waals surface area contributed by atoms with Crippen LogP contribution in [0.2, 0.25) is 0 Å². The Morgan fingerprint density at radius 1 is 1.27 bits per heavy atom. The summed E-state index contributed by atoms with van der Waals surface area (Å²) in [6.45, 7) is 4.37. The van der Waals surface area contributed by atoms with Gasteiger partial charge in [-0.3, -0.25) is 0 Å². The average Bonchev–Trinajstić information content (AvgIpc) is 3.07. The average molecular weight is 213 g/mol. The summed E-state index contributed by atoms with van der Waals surface area (Å²) < 4.78 is 5.33. The second kappa shape index (κ2) is 5.28. The van der Waals surface area contributed by atoms with Crippen molar-refractivity contribution in [1.82, 2.24) is 5.32 Å². The summed E-state index contributed by atoms with van der Waals surface area (Å²) in [5.41, 5.74) is 0.260. The van der Waals surface area contributed by atoms with E-state index < -0.39 is 0 Å². The van der Waals surface area contributed by atoms with Gasteiger partial charge in [0.05, 0.1) is 0 Å². The molecule has 0 bridgehead atoms. The van der Waals surface area contributed by atoms with Crippen LogP contribution in [0.1, 0.15) is 32.1 Å². The largest absolute Gasteiger partial charge is 0.396 e. The highest BCUT2D eigenvalue weighted by Gasteiger charge is 2.41. The van der Waals surface area contributed by atoms with Crippen LogP contribution in [0.15, 0.2) is 0 Å². The predicted molar refractivity (Wildman–Crippen MR) is 59.8 cm³/mol. The molecule has 1 heterocycles. The number of ether oxygens (including phenoxy) is 1. The Labute approximate surface area is 92.2 Å². The number of nitrogens with one attached hydrogen (secondary N) is 1. The lowest BCUT2D eigenvalue weighted by Gasteiger charge is -2.22. The van der Waals surface area contributed by atoms with E-state index in [1.807, 2.05) is 0 Å². The lowest BCUT2D eigenvalue weighted by Crippen LogP contribution is -2.29. The van der Waals surface area contributed by atoms with Crippen molar-refractivity contribution in [2.24, 2.45) is 11.3 Å². The van der Waals surface area contributed by atoms with Crippen molar-refractivity contribution >= 4 is 0 Å². The SMILES string of the molecule is OCC1(CNCCC2CCOCC2)CC1. The van der Waals surface area contributed by atoms with Crippen molar-refractivity contribution in [1.29, 1.82) is 0 Å². The van der Waals surface area contributed by atoms with Gasteiger partial charge in [-0.05, 0) is 44.6 Å². The lowest BCUT2D eigenvalue weighted by atomic mass is 9.96. The molecule has 2 aliphatic rings. The molecule has 0 amide bonds. The summed E-state index contributed by atoms with van der Waals surface area (Å²) in [6.07, 6.45) is 6.13. The van der Waals surface area contributed by atoms with Crippen molar-refractivity contribution in [3.63, 3.8) is 0 Å². The van der Waals surface area contributed by atoms with E-state index in [9.17, 15) is 0 Å². The zero-order valence-electron chi connectivity index (χ0n) is 9.50. The number of aliphatic hydroxyl groups is 1. The Kier molecular flexibility index (Phi) is 4.00. The molecule has 0 spiro atoms.